The first-order chi connectivity index (χ1) is 10.5. The van der Waals surface area contributed by atoms with E-state index >= 15 is 0 Å². The average molecular weight is 329 g/mol. The number of rotatable bonds is 7. The van der Waals surface area contributed by atoms with Crippen molar-refractivity contribution in [3.8, 4) is 0 Å². The summed E-state index contributed by atoms with van der Waals surface area (Å²) in [7, 11) is -1.47. The summed E-state index contributed by atoms with van der Waals surface area (Å²) in [5.74, 6) is 0.999. The molecular formula is C14H27N5O2S. The SMILES string of the molecule is CCCN(CCC)S(=O)(=O)N1CCCC(c2nncn2C)C1. The van der Waals surface area contributed by atoms with Crippen LogP contribution in [0.2, 0.25) is 0 Å². The van der Waals surface area contributed by atoms with Crippen LogP contribution in [0, 0.1) is 0 Å². The maximum absolute atomic E-state index is 12.9. The van der Waals surface area contributed by atoms with Crippen molar-refractivity contribution in [2.75, 3.05) is 26.2 Å². The van der Waals surface area contributed by atoms with Gasteiger partial charge in [-0.15, -0.1) is 10.2 Å². The fourth-order valence-electron chi connectivity index (χ4n) is 3.03. The molecule has 0 saturated carbocycles. The number of aryl methyl sites for hydroxylation is 1. The Balaban J connectivity index is 2.15. The lowest BCUT2D eigenvalue weighted by Gasteiger charge is -2.35. The largest absolute Gasteiger partial charge is 0.320 e. The van der Waals surface area contributed by atoms with E-state index in [9.17, 15) is 8.42 Å². The second-order valence-corrected chi connectivity index (χ2v) is 7.83. The summed E-state index contributed by atoms with van der Waals surface area (Å²) in [5.41, 5.74) is 0. The van der Waals surface area contributed by atoms with Gasteiger partial charge < -0.3 is 4.57 Å². The molecule has 0 amide bonds. The molecule has 2 heterocycles. The molecule has 0 spiro atoms. The highest BCUT2D eigenvalue weighted by molar-refractivity contribution is 7.86. The summed E-state index contributed by atoms with van der Waals surface area (Å²) in [4.78, 5) is 0. The van der Waals surface area contributed by atoms with Crippen molar-refractivity contribution in [1.82, 2.24) is 23.4 Å². The Kier molecular flexibility index (Phi) is 5.94. The van der Waals surface area contributed by atoms with Gasteiger partial charge >= 0.3 is 0 Å². The van der Waals surface area contributed by atoms with Crippen LogP contribution in [0.15, 0.2) is 6.33 Å². The Bertz CT molecular complexity index is 566. The lowest BCUT2D eigenvalue weighted by molar-refractivity contribution is 0.276. The molecule has 1 unspecified atom stereocenters. The second-order valence-electron chi connectivity index (χ2n) is 5.90. The van der Waals surface area contributed by atoms with Crippen molar-refractivity contribution in [3.05, 3.63) is 12.2 Å². The van der Waals surface area contributed by atoms with Crippen LogP contribution in [-0.2, 0) is 17.3 Å². The van der Waals surface area contributed by atoms with Gasteiger partial charge in [-0.25, -0.2) is 0 Å². The fraction of sp³-hybridized carbons (Fsp3) is 0.857. The van der Waals surface area contributed by atoms with Gasteiger partial charge in [-0.05, 0) is 25.7 Å². The molecule has 8 heteroatoms. The maximum Gasteiger partial charge on any atom is 0.281 e. The van der Waals surface area contributed by atoms with E-state index in [0.717, 1.165) is 31.5 Å². The van der Waals surface area contributed by atoms with E-state index in [-0.39, 0.29) is 5.92 Å². The number of piperidine rings is 1. The fourth-order valence-corrected chi connectivity index (χ4v) is 4.91. The van der Waals surface area contributed by atoms with Crippen molar-refractivity contribution >= 4 is 10.2 Å². The number of nitrogens with zero attached hydrogens (tertiary/aromatic N) is 5. The second kappa shape index (κ2) is 7.52. The topological polar surface area (TPSA) is 71.3 Å². The maximum atomic E-state index is 12.9. The van der Waals surface area contributed by atoms with E-state index in [1.165, 1.54) is 0 Å². The zero-order valence-corrected chi connectivity index (χ0v) is 14.6. The summed E-state index contributed by atoms with van der Waals surface area (Å²) >= 11 is 0. The predicted molar refractivity (Wildman–Crippen MR) is 85.6 cm³/mol. The van der Waals surface area contributed by atoms with Gasteiger partial charge in [0.05, 0.1) is 0 Å². The summed E-state index contributed by atoms with van der Waals surface area (Å²) in [6.07, 6.45) is 5.16. The van der Waals surface area contributed by atoms with Gasteiger partial charge in [0, 0.05) is 39.1 Å². The van der Waals surface area contributed by atoms with Crippen molar-refractivity contribution in [2.45, 2.75) is 45.4 Å². The van der Waals surface area contributed by atoms with Crippen LogP contribution in [0.5, 0.6) is 0 Å². The monoisotopic (exact) mass is 329 g/mol. The van der Waals surface area contributed by atoms with Gasteiger partial charge in [0.2, 0.25) is 0 Å². The standard InChI is InChI=1S/C14H27N5O2S/c1-4-8-18(9-5-2)22(20,21)19-10-6-7-13(11-19)14-16-15-12-17(14)3/h12-13H,4-11H2,1-3H3. The van der Waals surface area contributed by atoms with Gasteiger partial charge in [0.25, 0.3) is 10.2 Å². The van der Waals surface area contributed by atoms with Crippen LogP contribution in [-0.4, -0.2) is 58.0 Å². The quantitative estimate of drug-likeness (QED) is 0.757. The Labute approximate surface area is 133 Å². The van der Waals surface area contributed by atoms with Gasteiger partial charge in [-0.3, -0.25) is 0 Å². The van der Waals surface area contributed by atoms with Crippen molar-refractivity contribution in [2.24, 2.45) is 7.05 Å². The normalized spacial score (nSPS) is 20.6. The van der Waals surface area contributed by atoms with Crippen molar-refractivity contribution in [1.29, 1.82) is 0 Å². The highest BCUT2D eigenvalue weighted by Crippen LogP contribution is 2.27. The Morgan fingerprint density at radius 3 is 2.55 bits per heavy atom. The number of hydrogen-bond acceptors (Lipinski definition) is 4. The highest BCUT2D eigenvalue weighted by atomic mass is 32.2. The van der Waals surface area contributed by atoms with E-state index in [1.807, 2.05) is 25.5 Å². The van der Waals surface area contributed by atoms with E-state index < -0.39 is 10.2 Å². The number of aromatic nitrogens is 3. The third-order valence-corrected chi connectivity index (χ3v) is 6.10. The minimum atomic E-state index is -3.38. The summed E-state index contributed by atoms with van der Waals surface area (Å²) in [5, 5.41) is 8.06. The molecule has 7 nitrogen and oxygen atoms in total. The molecule has 0 N–H and O–H groups in total. The van der Waals surface area contributed by atoms with Crippen LogP contribution in [0.1, 0.15) is 51.3 Å². The van der Waals surface area contributed by atoms with E-state index in [0.29, 0.717) is 26.2 Å². The average Bonchev–Trinajstić information content (AvgIpc) is 2.93. The molecule has 1 aromatic heterocycles. The Hall–Kier alpha value is -0.990. The lowest BCUT2D eigenvalue weighted by Crippen LogP contribution is -2.48. The smallest absolute Gasteiger partial charge is 0.281 e. The van der Waals surface area contributed by atoms with E-state index in [4.69, 9.17) is 0 Å². The summed E-state index contributed by atoms with van der Waals surface area (Å²) < 4.78 is 30.9. The molecule has 0 aromatic carbocycles. The molecule has 1 atom stereocenters. The molecule has 0 aliphatic carbocycles. The molecule has 1 fully saturated rings. The van der Waals surface area contributed by atoms with Gasteiger partial charge in [0.15, 0.2) is 0 Å². The van der Waals surface area contributed by atoms with Gasteiger partial charge in [0.1, 0.15) is 12.2 Å². The molecule has 1 aliphatic heterocycles. The van der Waals surface area contributed by atoms with Crippen LogP contribution in [0.4, 0.5) is 0 Å². The molecule has 0 radical (unpaired) electrons. The Morgan fingerprint density at radius 1 is 1.32 bits per heavy atom. The van der Waals surface area contributed by atoms with E-state index in [2.05, 4.69) is 10.2 Å². The van der Waals surface area contributed by atoms with Crippen LogP contribution in [0.3, 0.4) is 0 Å². The zero-order chi connectivity index (χ0) is 16.2. The summed E-state index contributed by atoms with van der Waals surface area (Å²) in [6, 6.07) is 0. The first kappa shape index (κ1) is 17.4. The van der Waals surface area contributed by atoms with Crippen LogP contribution in [0.25, 0.3) is 0 Å². The third-order valence-electron chi connectivity index (χ3n) is 4.09. The van der Waals surface area contributed by atoms with Crippen molar-refractivity contribution in [3.63, 3.8) is 0 Å². The molecule has 1 aromatic rings. The molecule has 1 aliphatic rings. The third kappa shape index (κ3) is 3.67. The molecule has 126 valence electrons. The lowest BCUT2D eigenvalue weighted by atomic mass is 9.99. The predicted octanol–water partition coefficient (Wildman–Crippen LogP) is 1.36. The van der Waals surface area contributed by atoms with Crippen molar-refractivity contribution < 1.29 is 8.42 Å². The molecule has 1 saturated heterocycles. The minimum absolute atomic E-state index is 0.126. The van der Waals surface area contributed by atoms with Crippen LogP contribution < -0.4 is 0 Å². The van der Waals surface area contributed by atoms with E-state index in [1.54, 1.807) is 14.9 Å². The first-order valence-electron chi connectivity index (χ1n) is 8.09. The molecular weight excluding hydrogens is 302 g/mol. The molecule has 2 rings (SSSR count). The summed E-state index contributed by atoms with van der Waals surface area (Å²) in [6.45, 7) is 6.29. The van der Waals surface area contributed by atoms with Gasteiger partial charge in [-0.2, -0.15) is 17.0 Å². The number of hydrogen-bond donors (Lipinski definition) is 0. The van der Waals surface area contributed by atoms with Gasteiger partial charge in [-0.1, -0.05) is 13.8 Å². The zero-order valence-electron chi connectivity index (χ0n) is 13.8. The first-order valence-corrected chi connectivity index (χ1v) is 9.49. The molecule has 22 heavy (non-hydrogen) atoms. The molecule has 0 bridgehead atoms. The van der Waals surface area contributed by atoms with Crippen LogP contribution >= 0.6 is 0 Å². The highest BCUT2D eigenvalue weighted by Gasteiger charge is 2.34. The minimum Gasteiger partial charge on any atom is -0.320 e. The Morgan fingerprint density at radius 2 is 2.00 bits per heavy atom.